The summed E-state index contributed by atoms with van der Waals surface area (Å²) in [5.74, 6) is -2.24. The number of phosphoric acid groups is 2. The molecule has 5 atom stereocenters. The van der Waals surface area contributed by atoms with Gasteiger partial charge in [-0.3, -0.25) is 37.3 Å². The highest BCUT2D eigenvalue weighted by Gasteiger charge is 2.30. The van der Waals surface area contributed by atoms with Crippen molar-refractivity contribution in [3.63, 3.8) is 0 Å². The number of aliphatic hydroxyl groups excluding tert-OH is 1. The lowest BCUT2D eigenvalue weighted by molar-refractivity contribution is -0.161. The summed E-state index contributed by atoms with van der Waals surface area (Å²) in [5, 5.41) is 10.6. The summed E-state index contributed by atoms with van der Waals surface area (Å²) in [4.78, 5) is 73.0. The zero-order chi connectivity index (χ0) is 74.6. The number of phosphoric ester groups is 2. The Morgan fingerprint density at radius 1 is 0.284 bits per heavy atom. The second kappa shape index (κ2) is 74.7. The van der Waals surface area contributed by atoms with Gasteiger partial charge in [0, 0.05) is 25.7 Å². The van der Waals surface area contributed by atoms with Gasteiger partial charge < -0.3 is 33.8 Å². The Labute approximate surface area is 619 Å². The number of unbranched alkanes of at least 4 members (excludes halogenated alkanes) is 28. The van der Waals surface area contributed by atoms with Crippen LogP contribution in [0.15, 0.2) is 122 Å². The molecule has 17 nitrogen and oxygen atoms in total. The summed E-state index contributed by atoms with van der Waals surface area (Å²) in [7, 11) is -9.97. The van der Waals surface area contributed by atoms with E-state index in [1.807, 2.05) is 0 Å². The van der Waals surface area contributed by atoms with Crippen LogP contribution in [0.3, 0.4) is 0 Å². The first-order valence-electron chi connectivity index (χ1n) is 39.8. The molecular weight excluding hydrogens is 1330 g/mol. The smallest absolute Gasteiger partial charge is 0.462 e. The summed E-state index contributed by atoms with van der Waals surface area (Å²) in [6.07, 6.45) is 81.8. The molecule has 0 aliphatic heterocycles. The standard InChI is InChI=1S/C83H142O17P2/c1-5-9-13-17-21-25-29-33-36-37-38-39-42-45-48-52-56-60-64-68-81(86)94-74-79(100-83(88)70-66-62-58-54-50-46-41-35-31-27-23-19-15-11-7-3)76-98-102(91,92)96-72-77(84)71-95-101(89,90)97-75-78(99-82(87)69-65-61-57-53-49-43-32-28-24-20-16-12-8-4)73-93-80(85)67-63-59-55-51-47-44-40-34-30-26-22-18-14-10-6-2/h9,11,13,15,21,23,25,27-28,32-36,38-41,45,48,77-79,84H,5-8,10,12,14,16-20,22,24,26,29-31,37,42-44,46-47,49-76H2,1-4H3,(H,89,90)(H,91,92)/b13-9-,15-11-,25-21-,27-23-,32-28-,36-33-,39-38-,40-34-,41-35-,48-45-. The van der Waals surface area contributed by atoms with Crippen molar-refractivity contribution in [3.05, 3.63) is 122 Å². The Hall–Kier alpha value is -4.54. The number of ether oxygens (including phenoxy) is 4. The molecule has 0 amide bonds. The predicted octanol–water partition coefficient (Wildman–Crippen LogP) is 23.1. The first-order chi connectivity index (χ1) is 49.7. The van der Waals surface area contributed by atoms with E-state index in [2.05, 4.69) is 149 Å². The molecule has 586 valence electrons. The van der Waals surface area contributed by atoms with E-state index in [4.69, 9.17) is 37.0 Å². The molecule has 5 unspecified atom stereocenters. The minimum Gasteiger partial charge on any atom is -0.462 e. The lowest BCUT2D eigenvalue weighted by Gasteiger charge is -2.21. The number of allylic oxidation sites excluding steroid dienone is 20. The molecule has 0 fully saturated rings. The van der Waals surface area contributed by atoms with Crippen molar-refractivity contribution >= 4 is 39.5 Å². The average molecular weight is 1470 g/mol. The molecule has 3 N–H and O–H groups in total. The Morgan fingerprint density at radius 3 is 0.814 bits per heavy atom. The van der Waals surface area contributed by atoms with E-state index in [1.165, 1.54) is 64.2 Å². The van der Waals surface area contributed by atoms with Gasteiger partial charge in [0.2, 0.25) is 0 Å². The Bertz CT molecular complexity index is 2410. The van der Waals surface area contributed by atoms with E-state index in [0.29, 0.717) is 25.7 Å². The largest absolute Gasteiger partial charge is 0.472 e. The Balaban J connectivity index is 5.40. The number of aliphatic hydroxyl groups is 1. The second-order valence-electron chi connectivity index (χ2n) is 26.2. The predicted molar refractivity (Wildman–Crippen MR) is 418 cm³/mol. The molecule has 0 heterocycles. The van der Waals surface area contributed by atoms with E-state index >= 15 is 0 Å². The number of hydrogen-bond acceptors (Lipinski definition) is 15. The fourth-order valence-electron chi connectivity index (χ4n) is 10.4. The third-order valence-electron chi connectivity index (χ3n) is 16.4. The molecular formula is C83H142O17P2. The van der Waals surface area contributed by atoms with Crippen LogP contribution in [0.5, 0.6) is 0 Å². The molecule has 19 heteroatoms. The highest BCUT2D eigenvalue weighted by atomic mass is 31.2. The molecule has 0 aliphatic rings. The number of rotatable bonds is 74. The van der Waals surface area contributed by atoms with Crippen LogP contribution in [0.1, 0.15) is 323 Å². The zero-order valence-corrected chi connectivity index (χ0v) is 65.8. The van der Waals surface area contributed by atoms with Crippen molar-refractivity contribution in [2.24, 2.45) is 0 Å². The normalized spacial score (nSPS) is 14.5. The third kappa shape index (κ3) is 73.8. The van der Waals surface area contributed by atoms with Gasteiger partial charge in [-0.05, 0) is 154 Å². The van der Waals surface area contributed by atoms with Gasteiger partial charge in [-0.25, -0.2) is 9.13 Å². The van der Waals surface area contributed by atoms with E-state index in [1.54, 1.807) is 0 Å². The van der Waals surface area contributed by atoms with Crippen LogP contribution in [0.25, 0.3) is 0 Å². The van der Waals surface area contributed by atoms with Gasteiger partial charge in [0.1, 0.15) is 19.3 Å². The lowest BCUT2D eigenvalue weighted by Crippen LogP contribution is -2.30. The molecule has 0 rings (SSSR count). The minimum atomic E-state index is -4.99. The van der Waals surface area contributed by atoms with E-state index in [-0.39, 0.29) is 25.7 Å². The minimum absolute atomic E-state index is 0.0650. The number of carbonyl (C=O) groups is 4. The van der Waals surface area contributed by atoms with Crippen LogP contribution in [-0.4, -0.2) is 96.7 Å². The van der Waals surface area contributed by atoms with Crippen molar-refractivity contribution < 1.29 is 80.2 Å². The van der Waals surface area contributed by atoms with Crippen LogP contribution in [0.2, 0.25) is 0 Å². The fourth-order valence-corrected chi connectivity index (χ4v) is 11.9. The molecule has 0 aromatic carbocycles. The summed E-state index contributed by atoms with van der Waals surface area (Å²) < 4.78 is 68.5. The van der Waals surface area contributed by atoms with Crippen molar-refractivity contribution in [1.29, 1.82) is 0 Å². The van der Waals surface area contributed by atoms with Crippen molar-refractivity contribution in [2.45, 2.75) is 341 Å². The molecule has 0 aromatic rings. The maximum Gasteiger partial charge on any atom is 0.472 e. The lowest BCUT2D eigenvalue weighted by atomic mass is 10.1. The van der Waals surface area contributed by atoms with Crippen LogP contribution in [0, 0.1) is 0 Å². The average Bonchev–Trinajstić information content (AvgIpc) is 0.924. The topological polar surface area (TPSA) is 237 Å². The van der Waals surface area contributed by atoms with Gasteiger partial charge in [0.25, 0.3) is 0 Å². The Morgan fingerprint density at radius 2 is 0.510 bits per heavy atom. The summed E-state index contributed by atoms with van der Waals surface area (Å²) in [6, 6.07) is 0. The van der Waals surface area contributed by atoms with Crippen molar-refractivity contribution in [2.75, 3.05) is 39.6 Å². The number of carbonyl (C=O) groups excluding carboxylic acids is 4. The molecule has 0 aliphatic carbocycles. The maximum atomic E-state index is 13.1. The molecule has 0 bridgehead atoms. The quantitative estimate of drug-likeness (QED) is 0.0169. The van der Waals surface area contributed by atoms with Gasteiger partial charge in [-0.2, -0.15) is 0 Å². The second-order valence-corrected chi connectivity index (χ2v) is 29.1. The first kappa shape index (κ1) is 97.5. The van der Waals surface area contributed by atoms with Crippen LogP contribution in [0.4, 0.5) is 0 Å². The molecule has 0 saturated carbocycles. The number of esters is 4. The summed E-state index contributed by atoms with van der Waals surface area (Å²) >= 11 is 0. The summed E-state index contributed by atoms with van der Waals surface area (Å²) in [6.45, 7) is 4.57. The van der Waals surface area contributed by atoms with Gasteiger partial charge in [0.05, 0.1) is 26.4 Å². The van der Waals surface area contributed by atoms with Crippen LogP contribution < -0.4 is 0 Å². The van der Waals surface area contributed by atoms with Gasteiger partial charge in [0.15, 0.2) is 12.2 Å². The van der Waals surface area contributed by atoms with Crippen molar-refractivity contribution in [3.8, 4) is 0 Å². The summed E-state index contributed by atoms with van der Waals surface area (Å²) in [5.41, 5.74) is 0. The van der Waals surface area contributed by atoms with Crippen molar-refractivity contribution in [1.82, 2.24) is 0 Å². The van der Waals surface area contributed by atoms with Gasteiger partial charge >= 0.3 is 39.5 Å². The van der Waals surface area contributed by atoms with Gasteiger partial charge in [-0.1, -0.05) is 265 Å². The molecule has 0 radical (unpaired) electrons. The van der Waals surface area contributed by atoms with Crippen LogP contribution >= 0.6 is 15.6 Å². The van der Waals surface area contributed by atoms with Crippen LogP contribution in [-0.2, 0) is 65.4 Å². The molecule has 0 spiro atoms. The molecule has 0 aromatic heterocycles. The van der Waals surface area contributed by atoms with E-state index in [9.17, 15) is 43.2 Å². The maximum absolute atomic E-state index is 13.1. The number of hydrogen-bond donors (Lipinski definition) is 3. The third-order valence-corrected chi connectivity index (χ3v) is 18.3. The highest BCUT2D eigenvalue weighted by molar-refractivity contribution is 7.47. The highest BCUT2D eigenvalue weighted by Crippen LogP contribution is 2.45. The fraction of sp³-hybridized carbons (Fsp3) is 0.711. The Kier molecular flexibility index (Phi) is 71.4. The SMILES string of the molecule is CC/C=C\C/C=C\C/C=C\C/C=C\C/C=C\CCCCCC(=O)OCC(COP(=O)(O)OCC(O)COP(=O)(O)OCC(COC(=O)CCCCCCC/C=C\CCCCCCCC)OC(=O)CCCCCCC/C=C\CCCCCC)OC(=O)CCCCCCC/C=C\C/C=C\C/C=C\CC. The van der Waals surface area contributed by atoms with E-state index < -0.39 is 97.5 Å². The monoisotopic (exact) mass is 1470 g/mol. The molecule has 102 heavy (non-hydrogen) atoms. The molecule has 0 saturated heterocycles. The zero-order valence-electron chi connectivity index (χ0n) is 64.0. The van der Waals surface area contributed by atoms with Gasteiger partial charge in [-0.15, -0.1) is 0 Å². The van der Waals surface area contributed by atoms with E-state index in [0.717, 1.165) is 180 Å². The first-order valence-corrected chi connectivity index (χ1v) is 42.8.